The highest BCUT2D eigenvalue weighted by Crippen LogP contribution is 2.38. The maximum Gasteiger partial charge on any atom is 0.165 e. The smallest absolute Gasteiger partial charge is 0.165 e. The van der Waals surface area contributed by atoms with E-state index in [-0.39, 0.29) is 29.2 Å². The summed E-state index contributed by atoms with van der Waals surface area (Å²) in [7, 11) is -3.78. The van der Waals surface area contributed by atoms with Gasteiger partial charge in [0.15, 0.2) is 27.3 Å². The summed E-state index contributed by atoms with van der Waals surface area (Å²) in [5.41, 5.74) is 4.29. The highest BCUT2D eigenvalue weighted by Gasteiger charge is 2.49. The molecule has 2 N–H and O–H groups in total. The summed E-state index contributed by atoms with van der Waals surface area (Å²) in [4.78, 5) is 16.6. The van der Waals surface area contributed by atoms with Crippen LogP contribution in [0, 0.1) is 11.6 Å². The third-order valence-electron chi connectivity index (χ3n) is 5.57. The Balaban J connectivity index is 2.03. The van der Waals surface area contributed by atoms with Crippen molar-refractivity contribution < 1.29 is 26.7 Å². The fraction of sp³-hybridized carbons (Fsp3) is 0.579. The van der Waals surface area contributed by atoms with E-state index in [1.807, 2.05) is 0 Å². The molecule has 0 amide bonds. The second-order valence-electron chi connectivity index (χ2n) is 8.12. The SMILES string of the molecule is CC1(C)C(N)=N[C@](C)(c2cc(CC(=O)[C@H]3CCCO3)cc(F)c2F)CS1(=O)=O. The van der Waals surface area contributed by atoms with Crippen LogP contribution in [0.1, 0.15) is 44.7 Å². The van der Waals surface area contributed by atoms with Gasteiger partial charge in [-0.2, -0.15) is 0 Å². The normalized spacial score (nSPS) is 28.8. The van der Waals surface area contributed by atoms with E-state index < -0.39 is 43.6 Å². The number of Topliss-reactive ketones (excluding diaryl/α,β-unsaturated/α-hetero) is 1. The molecule has 0 unspecified atom stereocenters. The number of sulfone groups is 1. The molecule has 0 aliphatic carbocycles. The number of ketones is 1. The Morgan fingerprint density at radius 3 is 2.57 bits per heavy atom. The van der Waals surface area contributed by atoms with Crippen molar-refractivity contribution in [2.45, 2.75) is 56.4 Å². The fourth-order valence-electron chi connectivity index (χ4n) is 3.57. The first-order valence-electron chi connectivity index (χ1n) is 9.08. The first-order valence-corrected chi connectivity index (χ1v) is 10.7. The molecule has 0 radical (unpaired) electrons. The Morgan fingerprint density at radius 1 is 1.32 bits per heavy atom. The van der Waals surface area contributed by atoms with E-state index in [1.165, 1.54) is 26.8 Å². The summed E-state index contributed by atoms with van der Waals surface area (Å²) in [6, 6.07) is 2.25. The lowest BCUT2D eigenvalue weighted by atomic mass is 9.90. The van der Waals surface area contributed by atoms with E-state index in [4.69, 9.17) is 10.5 Å². The zero-order chi connectivity index (χ0) is 20.9. The third-order valence-corrected chi connectivity index (χ3v) is 8.27. The van der Waals surface area contributed by atoms with Crippen LogP contribution in [0.3, 0.4) is 0 Å². The van der Waals surface area contributed by atoms with Crippen LogP contribution in [0.4, 0.5) is 8.78 Å². The number of carbonyl (C=O) groups excluding carboxylic acids is 1. The number of amidine groups is 1. The van der Waals surface area contributed by atoms with Crippen LogP contribution in [0.2, 0.25) is 0 Å². The lowest BCUT2D eigenvalue weighted by Crippen LogP contribution is -2.55. The Kier molecular flexibility index (Phi) is 5.12. The molecule has 2 aliphatic heterocycles. The van der Waals surface area contributed by atoms with Crippen molar-refractivity contribution in [3.8, 4) is 0 Å². The van der Waals surface area contributed by atoms with Crippen LogP contribution in [-0.4, -0.2) is 43.2 Å². The maximum atomic E-state index is 14.6. The quantitative estimate of drug-likeness (QED) is 0.813. The van der Waals surface area contributed by atoms with Crippen LogP contribution in [0.15, 0.2) is 17.1 Å². The number of hydrogen-bond acceptors (Lipinski definition) is 6. The van der Waals surface area contributed by atoms with Gasteiger partial charge in [0.25, 0.3) is 0 Å². The monoisotopic (exact) mass is 414 g/mol. The molecule has 2 aliphatic rings. The number of ether oxygens (including phenoxy) is 1. The first-order chi connectivity index (χ1) is 12.9. The zero-order valence-corrected chi connectivity index (χ0v) is 16.9. The number of rotatable bonds is 4. The summed E-state index contributed by atoms with van der Waals surface area (Å²) < 4.78 is 58.2. The maximum absolute atomic E-state index is 14.6. The summed E-state index contributed by atoms with van der Waals surface area (Å²) in [6.07, 6.45) is 0.694. The Bertz CT molecular complexity index is 953. The molecule has 1 aromatic carbocycles. The van der Waals surface area contributed by atoms with Gasteiger partial charge in [0.1, 0.15) is 22.2 Å². The highest BCUT2D eigenvalue weighted by molar-refractivity contribution is 7.93. The standard InChI is InChI=1S/C19H24F2N2O4S/c1-18(2)17(22)23-19(3,10-28(18,25)26)12-7-11(8-13(20)16(12)21)9-14(24)15-5-4-6-27-15/h7-8,15H,4-6,9-10H2,1-3H3,(H2,22,23)/t15-,19+/m1/s1. The predicted molar refractivity (Wildman–Crippen MR) is 101 cm³/mol. The third kappa shape index (κ3) is 3.45. The molecular formula is C19H24F2N2O4S. The minimum atomic E-state index is -3.78. The molecule has 1 fully saturated rings. The summed E-state index contributed by atoms with van der Waals surface area (Å²) >= 11 is 0. The molecule has 9 heteroatoms. The number of nitrogens with two attached hydrogens (primary N) is 1. The predicted octanol–water partition coefficient (Wildman–Crippen LogP) is 2.03. The lowest BCUT2D eigenvalue weighted by molar-refractivity contribution is -0.127. The van der Waals surface area contributed by atoms with Crippen molar-refractivity contribution in [2.24, 2.45) is 10.7 Å². The summed E-state index contributed by atoms with van der Waals surface area (Å²) in [5, 5.41) is 0. The van der Waals surface area contributed by atoms with Crippen molar-refractivity contribution in [1.29, 1.82) is 0 Å². The first kappa shape index (κ1) is 20.9. The van der Waals surface area contributed by atoms with Gasteiger partial charge in [0.2, 0.25) is 0 Å². The number of benzene rings is 1. The Morgan fingerprint density at radius 2 is 2.00 bits per heavy atom. The zero-order valence-electron chi connectivity index (χ0n) is 16.1. The molecule has 0 spiro atoms. The van der Waals surface area contributed by atoms with Crippen molar-refractivity contribution in [3.05, 3.63) is 34.9 Å². The van der Waals surface area contributed by atoms with Gasteiger partial charge >= 0.3 is 0 Å². The van der Waals surface area contributed by atoms with E-state index in [1.54, 1.807) is 0 Å². The number of hydrogen-bond donors (Lipinski definition) is 1. The summed E-state index contributed by atoms with van der Waals surface area (Å²) in [5.74, 6) is -3.26. The minimum Gasteiger partial charge on any atom is -0.386 e. The summed E-state index contributed by atoms with van der Waals surface area (Å²) in [6.45, 7) is 4.75. The van der Waals surface area contributed by atoms with Crippen LogP contribution in [0.25, 0.3) is 0 Å². The average molecular weight is 414 g/mol. The van der Waals surface area contributed by atoms with Gasteiger partial charge in [0, 0.05) is 18.6 Å². The second-order valence-corrected chi connectivity index (χ2v) is 10.7. The van der Waals surface area contributed by atoms with Gasteiger partial charge in [-0.1, -0.05) is 0 Å². The second kappa shape index (κ2) is 6.88. The van der Waals surface area contributed by atoms with Gasteiger partial charge < -0.3 is 10.5 Å². The van der Waals surface area contributed by atoms with Crippen LogP contribution in [-0.2, 0) is 31.3 Å². The topological polar surface area (TPSA) is 98.8 Å². The van der Waals surface area contributed by atoms with E-state index in [0.717, 1.165) is 12.5 Å². The Labute approximate surface area is 163 Å². The molecule has 28 heavy (non-hydrogen) atoms. The molecule has 0 saturated carbocycles. The van der Waals surface area contributed by atoms with E-state index in [2.05, 4.69) is 4.99 Å². The van der Waals surface area contributed by atoms with Crippen molar-refractivity contribution >= 4 is 21.5 Å². The van der Waals surface area contributed by atoms with Gasteiger partial charge in [-0.3, -0.25) is 9.79 Å². The molecule has 2 atom stereocenters. The number of carbonyl (C=O) groups is 1. The highest BCUT2D eigenvalue weighted by atomic mass is 32.2. The molecule has 3 rings (SSSR count). The van der Waals surface area contributed by atoms with Gasteiger partial charge in [-0.25, -0.2) is 17.2 Å². The number of nitrogens with zero attached hydrogens (tertiary/aromatic N) is 1. The molecule has 0 aromatic heterocycles. The van der Waals surface area contributed by atoms with Gasteiger partial charge in [-0.05, 0) is 51.3 Å². The molecule has 0 bridgehead atoms. The van der Waals surface area contributed by atoms with Crippen LogP contribution in [0.5, 0.6) is 0 Å². The largest absolute Gasteiger partial charge is 0.386 e. The number of aliphatic imine (C=N–C) groups is 1. The molecule has 1 saturated heterocycles. The van der Waals surface area contributed by atoms with E-state index >= 15 is 0 Å². The molecule has 6 nitrogen and oxygen atoms in total. The van der Waals surface area contributed by atoms with E-state index in [9.17, 15) is 22.0 Å². The Hall–Kier alpha value is -1.87. The lowest BCUT2D eigenvalue weighted by Gasteiger charge is -2.38. The average Bonchev–Trinajstić information content (AvgIpc) is 3.10. The van der Waals surface area contributed by atoms with E-state index in [0.29, 0.717) is 13.0 Å². The minimum absolute atomic E-state index is 0.137. The fourth-order valence-corrected chi connectivity index (χ4v) is 5.25. The van der Waals surface area contributed by atoms with Crippen molar-refractivity contribution in [2.75, 3.05) is 12.4 Å². The van der Waals surface area contributed by atoms with Crippen molar-refractivity contribution in [3.63, 3.8) is 0 Å². The van der Waals surface area contributed by atoms with Gasteiger partial charge in [-0.15, -0.1) is 0 Å². The molecule has 2 heterocycles. The van der Waals surface area contributed by atoms with Crippen LogP contribution < -0.4 is 5.73 Å². The van der Waals surface area contributed by atoms with Crippen LogP contribution >= 0.6 is 0 Å². The number of halogens is 2. The molecule has 154 valence electrons. The molecular weight excluding hydrogens is 390 g/mol. The molecule has 1 aromatic rings. The van der Waals surface area contributed by atoms with Gasteiger partial charge in [0.05, 0.1) is 5.75 Å². The van der Waals surface area contributed by atoms with Crippen molar-refractivity contribution in [1.82, 2.24) is 0 Å².